The van der Waals surface area contributed by atoms with E-state index in [9.17, 15) is 9.59 Å². The van der Waals surface area contributed by atoms with Gasteiger partial charge in [-0.3, -0.25) is 0 Å². The van der Waals surface area contributed by atoms with E-state index >= 15 is 0 Å². The number of carbonyl (C=O) groups excluding carboxylic acids is 2. The zero-order chi connectivity index (χ0) is 14.4. The Morgan fingerprint density at radius 3 is 1.63 bits per heavy atom. The maximum Gasteiger partial charge on any atom is 0.340 e. The second-order valence-electron chi connectivity index (χ2n) is 3.70. The van der Waals surface area contributed by atoms with Gasteiger partial charge < -0.3 is 23.4 Å². The molecule has 1 aromatic heterocycles. The van der Waals surface area contributed by atoms with Gasteiger partial charge in [0.05, 0.1) is 0 Å². The van der Waals surface area contributed by atoms with Gasteiger partial charge >= 0.3 is 11.9 Å². The van der Waals surface area contributed by atoms with Gasteiger partial charge in [0.1, 0.15) is 12.5 Å². The number of hydrogen-bond donors (Lipinski definition) is 0. The number of methoxy groups -OCH3 is 2. The highest BCUT2D eigenvalue weighted by molar-refractivity contribution is 5.79. The van der Waals surface area contributed by atoms with Crippen molar-refractivity contribution in [3.63, 3.8) is 0 Å². The Morgan fingerprint density at radius 1 is 0.947 bits per heavy atom. The van der Waals surface area contributed by atoms with E-state index in [4.69, 9.17) is 23.4 Å². The second kappa shape index (κ2) is 6.91. The number of ether oxygens (including phenoxy) is 4. The first-order valence-electron chi connectivity index (χ1n) is 5.54. The van der Waals surface area contributed by atoms with E-state index in [1.54, 1.807) is 0 Å². The van der Waals surface area contributed by atoms with E-state index in [1.807, 2.05) is 0 Å². The van der Waals surface area contributed by atoms with E-state index in [2.05, 4.69) is 0 Å². The van der Waals surface area contributed by atoms with Gasteiger partial charge in [0.2, 0.25) is 11.5 Å². The molecule has 0 bridgehead atoms. The Morgan fingerprint density at radius 2 is 1.32 bits per heavy atom. The molecule has 0 saturated heterocycles. The molecule has 0 aliphatic rings. The van der Waals surface area contributed by atoms with Crippen molar-refractivity contribution in [2.24, 2.45) is 0 Å². The zero-order valence-corrected chi connectivity index (χ0v) is 11.2. The Balaban J connectivity index is 2.70. The lowest BCUT2D eigenvalue weighted by Crippen LogP contribution is -2.26. The standard InChI is InChI=1S/C12H16O7/c1-7(15-3)11(13)18-9-5-17-6-10(9)19-12(14)8(2)16-4/h5-8H,1-4H3/t7-,8?/m0/s1. The van der Waals surface area contributed by atoms with Crippen LogP contribution >= 0.6 is 0 Å². The smallest absolute Gasteiger partial charge is 0.340 e. The van der Waals surface area contributed by atoms with Crippen molar-refractivity contribution < 1.29 is 33.0 Å². The summed E-state index contributed by atoms with van der Waals surface area (Å²) < 4.78 is 24.4. The summed E-state index contributed by atoms with van der Waals surface area (Å²) >= 11 is 0. The minimum absolute atomic E-state index is 0.00514. The quantitative estimate of drug-likeness (QED) is 0.718. The monoisotopic (exact) mass is 272 g/mol. The van der Waals surface area contributed by atoms with Crippen molar-refractivity contribution in [1.29, 1.82) is 0 Å². The Bertz CT molecular complexity index is 399. The molecule has 7 heteroatoms. The lowest BCUT2D eigenvalue weighted by molar-refractivity contribution is -0.147. The summed E-state index contributed by atoms with van der Waals surface area (Å²) in [6.07, 6.45) is 0.827. The van der Waals surface area contributed by atoms with Crippen LogP contribution in [0.25, 0.3) is 0 Å². The molecular weight excluding hydrogens is 256 g/mol. The zero-order valence-electron chi connectivity index (χ0n) is 11.2. The molecule has 0 fully saturated rings. The van der Waals surface area contributed by atoms with Crippen LogP contribution < -0.4 is 9.47 Å². The first kappa shape index (κ1) is 15.2. The third-order valence-electron chi connectivity index (χ3n) is 2.39. The van der Waals surface area contributed by atoms with Crippen molar-refractivity contribution in [3.8, 4) is 11.5 Å². The van der Waals surface area contributed by atoms with Crippen LogP contribution in [-0.4, -0.2) is 38.4 Å². The first-order valence-corrected chi connectivity index (χ1v) is 5.54. The Hall–Kier alpha value is -1.86. The van der Waals surface area contributed by atoms with Crippen molar-refractivity contribution in [3.05, 3.63) is 12.5 Å². The molecule has 2 atom stereocenters. The topological polar surface area (TPSA) is 84.2 Å². The van der Waals surface area contributed by atoms with Crippen molar-refractivity contribution in [2.45, 2.75) is 26.1 Å². The van der Waals surface area contributed by atoms with Crippen LogP contribution in [0.15, 0.2) is 16.9 Å². The van der Waals surface area contributed by atoms with Crippen LogP contribution in [0.4, 0.5) is 0 Å². The van der Waals surface area contributed by atoms with E-state index in [1.165, 1.54) is 28.1 Å². The van der Waals surface area contributed by atoms with Gasteiger partial charge in [-0.05, 0) is 13.8 Å². The molecule has 0 radical (unpaired) electrons. The fourth-order valence-corrected chi connectivity index (χ4v) is 0.998. The van der Waals surface area contributed by atoms with Crippen LogP contribution in [0.1, 0.15) is 13.8 Å². The molecule has 19 heavy (non-hydrogen) atoms. The molecule has 1 heterocycles. The van der Waals surface area contributed by atoms with Gasteiger partial charge in [0, 0.05) is 14.2 Å². The van der Waals surface area contributed by atoms with Crippen LogP contribution in [0, 0.1) is 0 Å². The minimum atomic E-state index is -0.739. The van der Waals surface area contributed by atoms with E-state index < -0.39 is 24.1 Å². The third-order valence-corrected chi connectivity index (χ3v) is 2.39. The number of esters is 2. The first-order chi connectivity index (χ1) is 8.99. The van der Waals surface area contributed by atoms with Crippen LogP contribution in [0.3, 0.4) is 0 Å². The molecule has 7 nitrogen and oxygen atoms in total. The summed E-state index contributed by atoms with van der Waals surface area (Å²) in [5.74, 6) is -1.24. The van der Waals surface area contributed by atoms with Crippen LogP contribution in [0.5, 0.6) is 11.5 Å². The van der Waals surface area contributed by atoms with Gasteiger partial charge in [0.25, 0.3) is 0 Å². The summed E-state index contributed by atoms with van der Waals surface area (Å²) in [5, 5.41) is 0. The van der Waals surface area contributed by atoms with Gasteiger partial charge in [-0.1, -0.05) is 0 Å². The van der Waals surface area contributed by atoms with Gasteiger partial charge in [-0.15, -0.1) is 0 Å². The molecule has 0 amide bonds. The third kappa shape index (κ3) is 4.08. The van der Waals surface area contributed by atoms with Crippen LogP contribution in [-0.2, 0) is 19.1 Å². The maximum absolute atomic E-state index is 11.5. The van der Waals surface area contributed by atoms with Crippen molar-refractivity contribution >= 4 is 11.9 Å². The molecule has 1 unspecified atom stereocenters. The average Bonchev–Trinajstić information content (AvgIpc) is 2.83. The highest BCUT2D eigenvalue weighted by atomic mass is 16.6. The predicted octanol–water partition coefficient (Wildman–Crippen LogP) is 1.16. The molecule has 0 saturated carbocycles. The normalized spacial score (nSPS) is 13.7. The average molecular weight is 272 g/mol. The van der Waals surface area contributed by atoms with Gasteiger partial charge in [-0.2, -0.15) is 0 Å². The summed E-state index contributed by atoms with van der Waals surface area (Å²) in [7, 11) is 2.75. The number of carbonyl (C=O) groups is 2. The SMILES string of the molecule is COC(C)C(=O)Oc1cocc1OC(=O)[C@H](C)OC. The Kier molecular flexibility index (Phi) is 5.53. The number of hydrogen-bond acceptors (Lipinski definition) is 7. The van der Waals surface area contributed by atoms with Crippen LogP contribution in [0.2, 0.25) is 0 Å². The maximum atomic E-state index is 11.5. The summed E-state index contributed by atoms with van der Waals surface area (Å²) in [4.78, 5) is 23.0. The lowest BCUT2D eigenvalue weighted by Gasteiger charge is -2.10. The highest BCUT2D eigenvalue weighted by Gasteiger charge is 2.22. The Labute approximate surface area is 110 Å². The molecule has 0 N–H and O–H groups in total. The van der Waals surface area contributed by atoms with Crippen molar-refractivity contribution in [1.82, 2.24) is 0 Å². The molecule has 0 aliphatic carbocycles. The van der Waals surface area contributed by atoms with E-state index in [0.29, 0.717) is 0 Å². The molecule has 106 valence electrons. The minimum Gasteiger partial charge on any atom is -0.465 e. The lowest BCUT2D eigenvalue weighted by atomic mass is 10.4. The predicted molar refractivity (Wildman–Crippen MR) is 62.9 cm³/mol. The number of rotatable bonds is 6. The molecule has 1 rings (SSSR count). The second-order valence-corrected chi connectivity index (χ2v) is 3.70. The number of furan rings is 1. The summed E-state index contributed by atoms with van der Waals surface area (Å²) in [6.45, 7) is 3.06. The molecule has 0 spiro atoms. The molecule has 0 aromatic carbocycles. The fourth-order valence-electron chi connectivity index (χ4n) is 0.998. The van der Waals surface area contributed by atoms with Gasteiger partial charge in [-0.25, -0.2) is 9.59 Å². The summed E-state index contributed by atoms with van der Waals surface area (Å²) in [5.41, 5.74) is 0. The fraction of sp³-hybridized carbons (Fsp3) is 0.500. The molecule has 0 aliphatic heterocycles. The molecule has 1 aromatic rings. The highest BCUT2D eigenvalue weighted by Crippen LogP contribution is 2.29. The molecular formula is C12H16O7. The van der Waals surface area contributed by atoms with Gasteiger partial charge in [0.15, 0.2) is 12.2 Å². The summed E-state index contributed by atoms with van der Waals surface area (Å²) in [6, 6.07) is 0. The van der Waals surface area contributed by atoms with E-state index in [0.717, 1.165) is 12.5 Å². The van der Waals surface area contributed by atoms with Crippen molar-refractivity contribution in [2.75, 3.05) is 14.2 Å². The van der Waals surface area contributed by atoms with E-state index in [-0.39, 0.29) is 11.5 Å². The largest absolute Gasteiger partial charge is 0.465 e.